The Morgan fingerprint density at radius 2 is 1.78 bits per heavy atom. The Morgan fingerprint density at radius 1 is 1.03 bits per heavy atom. The number of hydrogen-bond donors (Lipinski definition) is 2. The summed E-state index contributed by atoms with van der Waals surface area (Å²) in [6.07, 6.45) is 0. The molecule has 3 aromatic rings. The number of methoxy groups -OCH3 is 1. The Hall–Kier alpha value is -3.59. The molecule has 7 nitrogen and oxygen atoms in total. The predicted octanol–water partition coefficient (Wildman–Crippen LogP) is 3.96. The maximum Gasteiger partial charge on any atom is 0.261 e. The third-order valence-electron chi connectivity index (χ3n) is 4.49. The molecule has 0 unspecified atom stereocenters. The number of halogens is 1. The molecule has 1 amide bonds. The van der Waals surface area contributed by atoms with E-state index < -0.39 is 21.7 Å². The van der Waals surface area contributed by atoms with Crippen molar-refractivity contribution in [3.63, 3.8) is 0 Å². The summed E-state index contributed by atoms with van der Waals surface area (Å²) in [6, 6.07) is 16.5. The first-order valence-corrected chi connectivity index (χ1v) is 11.3. The van der Waals surface area contributed by atoms with Gasteiger partial charge in [-0.05, 0) is 67.1 Å². The number of amides is 1. The monoisotopic (exact) mass is 458 g/mol. The average molecular weight is 459 g/mol. The summed E-state index contributed by atoms with van der Waals surface area (Å²) in [4.78, 5) is 12.6. The second-order valence-corrected chi connectivity index (χ2v) is 8.42. The fourth-order valence-electron chi connectivity index (χ4n) is 2.92. The summed E-state index contributed by atoms with van der Waals surface area (Å²) in [5.74, 6) is -0.261. The minimum absolute atomic E-state index is 0.0670. The van der Waals surface area contributed by atoms with Gasteiger partial charge in [0.1, 0.15) is 5.75 Å². The molecule has 0 aromatic heterocycles. The highest BCUT2D eigenvalue weighted by Crippen LogP contribution is 2.21. The Bertz CT molecular complexity index is 1200. The lowest BCUT2D eigenvalue weighted by molar-refractivity contribution is 0.0951. The van der Waals surface area contributed by atoms with E-state index in [9.17, 15) is 17.6 Å². The van der Waals surface area contributed by atoms with Crippen LogP contribution in [0.5, 0.6) is 11.5 Å². The fraction of sp³-hybridized carbons (Fsp3) is 0.174. The molecule has 0 heterocycles. The number of carbonyl (C=O) groups excluding carboxylic acids is 1. The highest BCUT2D eigenvalue weighted by atomic mass is 32.2. The number of anilines is 1. The number of nitrogens with one attached hydrogen (secondary N) is 2. The van der Waals surface area contributed by atoms with Gasteiger partial charge in [0.2, 0.25) is 0 Å². The van der Waals surface area contributed by atoms with Crippen molar-refractivity contribution in [3.05, 3.63) is 83.7 Å². The van der Waals surface area contributed by atoms with Crippen molar-refractivity contribution in [1.29, 1.82) is 0 Å². The SMILES string of the molecule is CCOc1ccc(S(=O)(=O)Nc2cccc(C(=O)NCc3ccc(OC)c(F)c3)c2)cc1. The molecule has 0 atom stereocenters. The fourth-order valence-corrected chi connectivity index (χ4v) is 3.97. The van der Waals surface area contributed by atoms with Crippen LogP contribution >= 0.6 is 0 Å². The van der Waals surface area contributed by atoms with E-state index >= 15 is 0 Å². The van der Waals surface area contributed by atoms with E-state index in [0.29, 0.717) is 17.9 Å². The van der Waals surface area contributed by atoms with Crippen LogP contribution in [0.3, 0.4) is 0 Å². The van der Waals surface area contributed by atoms with Crippen LogP contribution in [0, 0.1) is 5.82 Å². The molecule has 0 radical (unpaired) electrons. The van der Waals surface area contributed by atoms with Crippen molar-refractivity contribution in [2.75, 3.05) is 18.4 Å². The molecule has 9 heteroatoms. The standard InChI is InChI=1S/C23H23FN2O5S/c1-3-31-19-8-10-20(11-9-19)32(28,29)26-18-6-4-5-17(14-18)23(27)25-15-16-7-12-22(30-2)21(24)13-16/h4-14,26H,3,15H2,1-2H3,(H,25,27). The van der Waals surface area contributed by atoms with Gasteiger partial charge in [0.15, 0.2) is 11.6 Å². The van der Waals surface area contributed by atoms with Gasteiger partial charge in [0.25, 0.3) is 15.9 Å². The zero-order valence-electron chi connectivity index (χ0n) is 17.6. The summed E-state index contributed by atoms with van der Waals surface area (Å²) in [5.41, 5.74) is 1.05. The first-order valence-electron chi connectivity index (χ1n) is 9.78. The first kappa shape index (κ1) is 23.1. The number of sulfonamides is 1. The molecule has 0 spiro atoms. The van der Waals surface area contributed by atoms with Crippen molar-refractivity contribution in [2.24, 2.45) is 0 Å². The maximum absolute atomic E-state index is 13.8. The third kappa shape index (κ3) is 5.76. The number of carbonyl (C=O) groups is 1. The third-order valence-corrected chi connectivity index (χ3v) is 5.89. The van der Waals surface area contributed by atoms with Gasteiger partial charge in [0.05, 0.1) is 18.6 Å². The molecule has 32 heavy (non-hydrogen) atoms. The molecule has 2 N–H and O–H groups in total. The largest absolute Gasteiger partial charge is 0.494 e. The first-order chi connectivity index (χ1) is 15.3. The molecular formula is C23H23FN2O5S. The van der Waals surface area contributed by atoms with E-state index in [-0.39, 0.29) is 28.4 Å². The molecule has 168 valence electrons. The van der Waals surface area contributed by atoms with Gasteiger partial charge in [-0.15, -0.1) is 0 Å². The van der Waals surface area contributed by atoms with E-state index in [4.69, 9.17) is 9.47 Å². The molecule has 0 aliphatic carbocycles. The van der Waals surface area contributed by atoms with Crippen molar-refractivity contribution in [2.45, 2.75) is 18.4 Å². The van der Waals surface area contributed by atoms with Crippen LogP contribution in [0.1, 0.15) is 22.8 Å². The second kappa shape index (κ2) is 10.1. The van der Waals surface area contributed by atoms with E-state index in [0.717, 1.165) is 0 Å². The maximum atomic E-state index is 13.8. The van der Waals surface area contributed by atoms with Crippen LogP contribution in [-0.4, -0.2) is 28.0 Å². The summed E-state index contributed by atoms with van der Waals surface area (Å²) >= 11 is 0. The lowest BCUT2D eigenvalue weighted by Gasteiger charge is -2.11. The molecular weight excluding hydrogens is 435 g/mol. The second-order valence-electron chi connectivity index (χ2n) is 6.74. The Kier molecular flexibility index (Phi) is 7.32. The van der Waals surface area contributed by atoms with Crippen molar-refractivity contribution < 1.29 is 27.1 Å². The number of ether oxygens (including phenoxy) is 2. The average Bonchev–Trinajstić information content (AvgIpc) is 2.78. The minimum Gasteiger partial charge on any atom is -0.494 e. The van der Waals surface area contributed by atoms with Crippen LogP contribution in [0.4, 0.5) is 10.1 Å². The minimum atomic E-state index is -3.84. The number of benzene rings is 3. The van der Waals surface area contributed by atoms with Crippen LogP contribution in [-0.2, 0) is 16.6 Å². The van der Waals surface area contributed by atoms with Crippen molar-refractivity contribution in [3.8, 4) is 11.5 Å². The highest BCUT2D eigenvalue weighted by molar-refractivity contribution is 7.92. The molecule has 3 aromatic carbocycles. The van der Waals surface area contributed by atoms with Gasteiger partial charge in [-0.2, -0.15) is 0 Å². The van der Waals surface area contributed by atoms with E-state index in [1.54, 1.807) is 36.4 Å². The van der Waals surface area contributed by atoms with E-state index in [1.165, 1.54) is 37.4 Å². The summed E-state index contributed by atoms with van der Waals surface area (Å²) in [5, 5.41) is 2.68. The summed E-state index contributed by atoms with van der Waals surface area (Å²) < 4.78 is 51.8. The van der Waals surface area contributed by atoms with Crippen LogP contribution in [0.25, 0.3) is 0 Å². The predicted molar refractivity (Wildman–Crippen MR) is 119 cm³/mol. The normalized spacial score (nSPS) is 11.0. The Morgan fingerprint density at radius 3 is 2.44 bits per heavy atom. The lowest BCUT2D eigenvalue weighted by atomic mass is 10.1. The zero-order chi connectivity index (χ0) is 23.1. The van der Waals surface area contributed by atoms with Crippen molar-refractivity contribution in [1.82, 2.24) is 5.32 Å². The molecule has 0 aliphatic heterocycles. The molecule has 0 saturated carbocycles. The van der Waals surface area contributed by atoms with Gasteiger partial charge < -0.3 is 14.8 Å². The van der Waals surface area contributed by atoms with E-state index in [2.05, 4.69) is 10.0 Å². The summed E-state index contributed by atoms with van der Waals surface area (Å²) in [7, 11) is -2.47. The molecule has 0 fully saturated rings. The van der Waals surface area contributed by atoms with Gasteiger partial charge in [-0.25, -0.2) is 12.8 Å². The van der Waals surface area contributed by atoms with Gasteiger partial charge in [-0.1, -0.05) is 12.1 Å². The molecule has 0 aliphatic rings. The molecule has 0 bridgehead atoms. The van der Waals surface area contributed by atoms with Gasteiger partial charge in [0, 0.05) is 17.8 Å². The van der Waals surface area contributed by atoms with Gasteiger partial charge in [-0.3, -0.25) is 9.52 Å². The van der Waals surface area contributed by atoms with E-state index in [1.807, 2.05) is 6.92 Å². The van der Waals surface area contributed by atoms with Crippen LogP contribution in [0.15, 0.2) is 71.6 Å². The van der Waals surface area contributed by atoms with Gasteiger partial charge >= 0.3 is 0 Å². The zero-order valence-corrected chi connectivity index (χ0v) is 18.4. The number of hydrogen-bond acceptors (Lipinski definition) is 5. The number of rotatable bonds is 9. The highest BCUT2D eigenvalue weighted by Gasteiger charge is 2.15. The molecule has 0 saturated heterocycles. The van der Waals surface area contributed by atoms with Crippen LogP contribution < -0.4 is 19.5 Å². The summed E-state index contributed by atoms with van der Waals surface area (Å²) in [6.45, 7) is 2.42. The topological polar surface area (TPSA) is 93.7 Å². The quantitative estimate of drug-likeness (QED) is 0.506. The lowest BCUT2D eigenvalue weighted by Crippen LogP contribution is -2.23. The smallest absolute Gasteiger partial charge is 0.261 e. The van der Waals surface area contributed by atoms with Crippen LogP contribution in [0.2, 0.25) is 0 Å². The Balaban J connectivity index is 1.67. The molecule has 3 rings (SSSR count). The van der Waals surface area contributed by atoms with Crippen molar-refractivity contribution >= 4 is 21.6 Å². The Labute approximate surface area is 186 Å².